The summed E-state index contributed by atoms with van der Waals surface area (Å²) in [6, 6.07) is 5.80. The van der Waals surface area contributed by atoms with E-state index >= 15 is 0 Å². The fraction of sp³-hybridized carbons (Fsp3) is 0.286. The largest absolute Gasteiger partial charge is 0.461 e. The molecular formula is C14H16N2O2. The zero-order chi connectivity index (χ0) is 13.1. The monoisotopic (exact) mass is 244 g/mol. The Hall–Kier alpha value is -2.10. The average Bonchev–Trinajstić information content (AvgIpc) is 2.76. The minimum Gasteiger partial charge on any atom is -0.461 e. The number of nitrogens with zero attached hydrogens (tertiary/aromatic N) is 1. The number of hydrogen-bond donors (Lipinski definition) is 1. The molecule has 0 atom stereocenters. The van der Waals surface area contributed by atoms with E-state index in [-0.39, 0.29) is 5.97 Å². The number of H-pyrrole nitrogens is 1. The highest BCUT2D eigenvalue weighted by atomic mass is 16.5. The summed E-state index contributed by atoms with van der Waals surface area (Å²) in [6.07, 6.45) is 1.72. The van der Waals surface area contributed by atoms with Crippen molar-refractivity contribution in [3.8, 4) is 11.3 Å². The van der Waals surface area contributed by atoms with E-state index in [1.54, 1.807) is 13.1 Å². The molecule has 18 heavy (non-hydrogen) atoms. The third-order valence-corrected chi connectivity index (χ3v) is 2.60. The zero-order valence-corrected chi connectivity index (χ0v) is 10.8. The lowest BCUT2D eigenvalue weighted by Gasteiger charge is -2.05. The smallest absolute Gasteiger partial charge is 0.355 e. The van der Waals surface area contributed by atoms with E-state index in [4.69, 9.17) is 4.74 Å². The van der Waals surface area contributed by atoms with Crippen LogP contribution in [0.15, 0.2) is 24.4 Å². The van der Waals surface area contributed by atoms with Gasteiger partial charge in [0.15, 0.2) is 0 Å². The van der Waals surface area contributed by atoms with E-state index in [0.29, 0.717) is 12.3 Å². The van der Waals surface area contributed by atoms with Crippen molar-refractivity contribution in [2.75, 3.05) is 6.61 Å². The molecule has 0 spiro atoms. The van der Waals surface area contributed by atoms with Gasteiger partial charge in [-0.3, -0.25) is 4.98 Å². The minimum atomic E-state index is -0.349. The van der Waals surface area contributed by atoms with Crippen molar-refractivity contribution in [1.29, 1.82) is 0 Å². The lowest BCUT2D eigenvalue weighted by molar-refractivity contribution is 0.0521. The lowest BCUT2D eigenvalue weighted by atomic mass is 10.1. The Morgan fingerprint density at radius 2 is 2.17 bits per heavy atom. The van der Waals surface area contributed by atoms with Gasteiger partial charge in [0.1, 0.15) is 5.69 Å². The van der Waals surface area contributed by atoms with Crippen LogP contribution in [0.2, 0.25) is 0 Å². The molecule has 1 N–H and O–H groups in total. The molecule has 0 aliphatic carbocycles. The summed E-state index contributed by atoms with van der Waals surface area (Å²) in [5.41, 5.74) is 4.07. The molecule has 0 bridgehead atoms. The Labute approximate surface area is 106 Å². The van der Waals surface area contributed by atoms with Gasteiger partial charge < -0.3 is 9.72 Å². The van der Waals surface area contributed by atoms with Crippen molar-refractivity contribution in [1.82, 2.24) is 9.97 Å². The molecule has 0 aliphatic rings. The van der Waals surface area contributed by atoms with Crippen molar-refractivity contribution in [3.05, 3.63) is 41.3 Å². The lowest BCUT2D eigenvalue weighted by Crippen LogP contribution is -2.06. The molecule has 0 saturated heterocycles. The van der Waals surface area contributed by atoms with Crippen LogP contribution < -0.4 is 0 Å². The van der Waals surface area contributed by atoms with E-state index in [2.05, 4.69) is 9.97 Å². The Morgan fingerprint density at radius 3 is 2.83 bits per heavy atom. The third-order valence-electron chi connectivity index (χ3n) is 2.60. The number of hydrogen-bond acceptors (Lipinski definition) is 3. The van der Waals surface area contributed by atoms with Crippen LogP contribution in [0.5, 0.6) is 0 Å². The topological polar surface area (TPSA) is 55.0 Å². The summed E-state index contributed by atoms with van der Waals surface area (Å²) < 4.78 is 5.01. The van der Waals surface area contributed by atoms with Gasteiger partial charge in [0.05, 0.1) is 12.3 Å². The predicted octanol–water partition coefficient (Wildman–Crippen LogP) is 2.87. The Kier molecular flexibility index (Phi) is 3.46. The summed E-state index contributed by atoms with van der Waals surface area (Å²) in [5, 5.41) is 0. The quantitative estimate of drug-likeness (QED) is 0.845. The van der Waals surface area contributed by atoms with Crippen molar-refractivity contribution in [3.63, 3.8) is 0 Å². The van der Waals surface area contributed by atoms with Gasteiger partial charge in [-0.05, 0) is 44.5 Å². The van der Waals surface area contributed by atoms with Crippen LogP contribution in [0, 0.1) is 13.8 Å². The van der Waals surface area contributed by atoms with Gasteiger partial charge in [-0.15, -0.1) is 0 Å². The molecule has 0 aromatic carbocycles. The van der Waals surface area contributed by atoms with Crippen LogP contribution in [0.25, 0.3) is 11.3 Å². The second kappa shape index (κ2) is 5.04. The van der Waals surface area contributed by atoms with Gasteiger partial charge >= 0.3 is 5.97 Å². The summed E-state index contributed by atoms with van der Waals surface area (Å²) in [5.74, 6) is -0.349. The first-order valence-corrected chi connectivity index (χ1v) is 5.92. The third kappa shape index (κ3) is 2.42. The fourth-order valence-corrected chi connectivity index (χ4v) is 1.93. The number of carbonyl (C=O) groups excluding carboxylic acids is 1. The minimum absolute atomic E-state index is 0.349. The Bertz CT molecular complexity index is 553. The standard InChI is InChI=1S/C14H16N2O2/c1-4-18-14(17)13-11(5-6-15-13)12-8-9(2)7-10(3)16-12/h5-8,15H,4H2,1-3H3. The van der Waals surface area contributed by atoms with Gasteiger partial charge in [-0.1, -0.05) is 0 Å². The van der Waals surface area contributed by atoms with Crippen molar-refractivity contribution >= 4 is 5.97 Å². The molecule has 0 unspecified atom stereocenters. The Morgan fingerprint density at radius 1 is 1.39 bits per heavy atom. The number of esters is 1. The number of aromatic nitrogens is 2. The molecular weight excluding hydrogens is 228 g/mol. The van der Waals surface area contributed by atoms with E-state index in [9.17, 15) is 4.79 Å². The summed E-state index contributed by atoms with van der Waals surface area (Å²) in [6.45, 7) is 6.09. The van der Waals surface area contributed by atoms with Gasteiger partial charge in [-0.2, -0.15) is 0 Å². The maximum absolute atomic E-state index is 11.8. The van der Waals surface area contributed by atoms with Crippen LogP contribution in [0.1, 0.15) is 28.7 Å². The van der Waals surface area contributed by atoms with Crippen LogP contribution in [0.3, 0.4) is 0 Å². The molecule has 2 rings (SSSR count). The van der Waals surface area contributed by atoms with Crippen LogP contribution >= 0.6 is 0 Å². The molecule has 0 amide bonds. The molecule has 2 aromatic heterocycles. The first kappa shape index (κ1) is 12.4. The number of aryl methyl sites for hydroxylation is 2. The number of rotatable bonds is 3. The summed E-state index contributed by atoms with van der Waals surface area (Å²) in [7, 11) is 0. The molecule has 2 heterocycles. The second-order valence-electron chi connectivity index (χ2n) is 4.16. The van der Waals surface area contributed by atoms with Crippen molar-refractivity contribution in [2.45, 2.75) is 20.8 Å². The predicted molar refractivity (Wildman–Crippen MR) is 69.5 cm³/mol. The van der Waals surface area contributed by atoms with Crippen molar-refractivity contribution < 1.29 is 9.53 Å². The molecule has 0 radical (unpaired) electrons. The number of carbonyl (C=O) groups is 1. The first-order valence-electron chi connectivity index (χ1n) is 5.92. The molecule has 4 nitrogen and oxygen atoms in total. The summed E-state index contributed by atoms with van der Waals surface area (Å²) in [4.78, 5) is 19.2. The van der Waals surface area contributed by atoms with E-state index in [1.807, 2.05) is 32.0 Å². The summed E-state index contributed by atoms with van der Waals surface area (Å²) >= 11 is 0. The van der Waals surface area contributed by atoms with Gasteiger partial charge in [0.25, 0.3) is 0 Å². The maximum atomic E-state index is 11.8. The Balaban J connectivity index is 2.45. The normalized spacial score (nSPS) is 10.4. The van der Waals surface area contributed by atoms with Crippen molar-refractivity contribution in [2.24, 2.45) is 0 Å². The molecule has 0 aliphatic heterocycles. The number of pyridine rings is 1. The fourth-order valence-electron chi connectivity index (χ4n) is 1.93. The highest BCUT2D eigenvalue weighted by Gasteiger charge is 2.16. The average molecular weight is 244 g/mol. The van der Waals surface area contributed by atoms with E-state index < -0.39 is 0 Å². The first-order chi connectivity index (χ1) is 8.61. The SMILES string of the molecule is CCOC(=O)c1[nH]ccc1-c1cc(C)cc(C)n1. The van der Waals surface area contributed by atoms with E-state index in [0.717, 1.165) is 22.5 Å². The zero-order valence-electron chi connectivity index (χ0n) is 10.8. The molecule has 0 fully saturated rings. The van der Waals surface area contributed by atoms with Gasteiger partial charge in [0.2, 0.25) is 0 Å². The van der Waals surface area contributed by atoms with Gasteiger partial charge in [0, 0.05) is 17.5 Å². The number of aromatic amines is 1. The highest BCUT2D eigenvalue weighted by Crippen LogP contribution is 2.23. The molecule has 2 aromatic rings. The molecule has 0 saturated carbocycles. The molecule has 94 valence electrons. The number of ether oxygens (including phenoxy) is 1. The van der Waals surface area contributed by atoms with Gasteiger partial charge in [-0.25, -0.2) is 4.79 Å². The number of nitrogens with one attached hydrogen (secondary N) is 1. The van der Waals surface area contributed by atoms with Crippen LogP contribution in [0.4, 0.5) is 0 Å². The second-order valence-corrected chi connectivity index (χ2v) is 4.16. The van der Waals surface area contributed by atoms with Crippen LogP contribution in [-0.4, -0.2) is 22.5 Å². The molecule has 4 heteroatoms. The highest BCUT2D eigenvalue weighted by molar-refractivity contribution is 5.95. The maximum Gasteiger partial charge on any atom is 0.355 e. The van der Waals surface area contributed by atoms with E-state index in [1.165, 1.54) is 0 Å². The van der Waals surface area contributed by atoms with Crippen LogP contribution in [-0.2, 0) is 4.74 Å².